The summed E-state index contributed by atoms with van der Waals surface area (Å²) in [5.74, 6) is 0.983. The maximum absolute atomic E-state index is 8.98. The molecule has 0 radical (unpaired) electrons. The number of hydrogen-bond donors (Lipinski definition) is 1. The molecule has 0 saturated carbocycles. The third-order valence-corrected chi connectivity index (χ3v) is 3.97. The molecule has 0 aromatic carbocycles. The van der Waals surface area contributed by atoms with Crippen LogP contribution in [0.3, 0.4) is 0 Å². The molecule has 0 aliphatic carbocycles. The van der Waals surface area contributed by atoms with Crippen LogP contribution in [0, 0.1) is 11.8 Å². The fourth-order valence-corrected chi connectivity index (χ4v) is 2.31. The van der Waals surface area contributed by atoms with Crippen molar-refractivity contribution in [3.05, 3.63) is 0 Å². The van der Waals surface area contributed by atoms with Crippen molar-refractivity contribution < 1.29 is 14.6 Å². The number of rotatable bonds is 8. The van der Waals surface area contributed by atoms with Gasteiger partial charge in [-0.25, -0.2) is 0 Å². The van der Waals surface area contributed by atoms with Gasteiger partial charge in [-0.05, 0) is 50.9 Å². The summed E-state index contributed by atoms with van der Waals surface area (Å²) in [7, 11) is 0. The van der Waals surface area contributed by atoms with Crippen molar-refractivity contribution in [1.29, 1.82) is 0 Å². The highest BCUT2D eigenvalue weighted by atomic mass is 16.7. The topological polar surface area (TPSA) is 38.7 Å². The summed E-state index contributed by atoms with van der Waals surface area (Å²) in [5.41, 5.74) is 0. The van der Waals surface area contributed by atoms with E-state index < -0.39 is 0 Å². The van der Waals surface area contributed by atoms with Crippen LogP contribution < -0.4 is 0 Å². The van der Waals surface area contributed by atoms with Crippen molar-refractivity contribution in [3.8, 4) is 0 Å². The Labute approximate surface area is 112 Å². The average Bonchev–Trinajstić information content (AvgIpc) is 2.39. The molecule has 0 bridgehead atoms. The molecule has 3 heteroatoms. The van der Waals surface area contributed by atoms with Crippen LogP contribution in [0.5, 0.6) is 0 Å². The van der Waals surface area contributed by atoms with E-state index in [9.17, 15) is 0 Å². The smallest absolute Gasteiger partial charge is 0.157 e. The zero-order valence-electron chi connectivity index (χ0n) is 12.2. The highest BCUT2D eigenvalue weighted by Crippen LogP contribution is 2.22. The molecule has 0 amide bonds. The van der Waals surface area contributed by atoms with Crippen molar-refractivity contribution in [3.63, 3.8) is 0 Å². The lowest BCUT2D eigenvalue weighted by Crippen LogP contribution is -2.29. The first-order chi connectivity index (χ1) is 8.63. The first-order valence-corrected chi connectivity index (χ1v) is 7.51. The molecule has 1 aliphatic rings. The molecule has 0 spiro atoms. The summed E-state index contributed by atoms with van der Waals surface area (Å²) < 4.78 is 11.6. The normalized spacial score (nSPS) is 25.7. The van der Waals surface area contributed by atoms with Crippen LogP contribution in [0.25, 0.3) is 0 Å². The Morgan fingerprint density at radius 2 is 2.00 bits per heavy atom. The van der Waals surface area contributed by atoms with Gasteiger partial charge in [0.25, 0.3) is 0 Å². The van der Waals surface area contributed by atoms with E-state index in [1.165, 1.54) is 19.3 Å². The van der Waals surface area contributed by atoms with Crippen LogP contribution in [0.4, 0.5) is 0 Å². The molecule has 18 heavy (non-hydrogen) atoms. The number of aliphatic hydroxyl groups excluding tert-OH is 1. The highest BCUT2D eigenvalue weighted by molar-refractivity contribution is 4.65. The van der Waals surface area contributed by atoms with E-state index in [0.717, 1.165) is 25.9 Å². The summed E-state index contributed by atoms with van der Waals surface area (Å²) in [6, 6.07) is 0. The predicted octanol–water partition coefficient (Wildman–Crippen LogP) is 3.35. The fourth-order valence-electron chi connectivity index (χ4n) is 2.31. The Hall–Kier alpha value is -0.120. The van der Waals surface area contributed by atoms with Gasteiger partial charge in [-0.3, -0.25) is 0 Å². The van der Waals surface area contributed by atoms with E-state index in [1.54, 1.807) is 0 Å². The zero-order chi connectivity index (χ0) is 13.4. The van der Waals surface area contributed by atoms with Crippen LogP contribution >= 0.6 is 0 Å². The van der Waals surface area contributed by atoms with Gasteiger partial charge in [-0.1, -0.05) is 20.3 Å². The second kappa shape index (κ2) is 8.89. The lowest BCUT2D eigenvalue weighted by molar-refractivity contribution is -0.193. The molecule has 0 aromatic rings. The summed E-state index contributed by atoms with van der Waals surface area (Å²) in [4.78, 5) is 0. The predicted molar refractivity (Wildman–Crippen MR) is 73.4 cm³/mol. The third kappa shape index (κ3) is 6.17. The van der Waals surface area contributed by atoms with Gasteiger partial charge >= 0.3 is 0 Å². The quantitative estimate of drug-likeness (QED) is 0.725. The second-order valence-electron chi connectivity index (χ2n) is 5.83. The Morgan fingerprint density at radius 3 is 2.61 bits per heavy atom. The van der Waals surface area contributed by atoms with Crippen LogP contribution in [-0.4, -0.2) is 30.7 Å². The lowest BCUT2D eigenvalue weighted by atomic mass is 9.95. The van der Waals surface area contributed by atoms with E-state index in [4.69, 9.17) is 14.6 Å². The molecular formula is C15H30O3. The highest BCUT2D eigenvalue weighted by Gasteiger charge is 2.20. The zero-order valence-corrected chi connectivity index (χ0v) is 12.2. The van der Waals surface area contributed by atoms with Gasteiger partial charge in [0.2, 0.25) is 0 Å². The molecule has 1 saturated heterocycles. The molecule has 1 fully saturated rings. The van der Waals surface area contributed by atoms with Gasteiger partial charge in [0.05, 0.1) is 6.10 Å². The van der Waals surface area contributed by atoms with Crippen LogP contribution in [-0.2, 0) is 9.47 Å². The maximum Gasteiger partial charge on any atom is 0.157 e. The Bertz CT molecular complexity index is 202. The molecule has 3 nitrogen and oxygen atoms in total. The number of hydrogen-bond acceptors (Lipinski definition) is 3. The van der Waals surface area contributed by atoms with Gasteiger partial charge in [0.15, 0.2) is 6.29 Å². The standard InChI is InChI=1S/C15H30O3/c1-12(11-16)7-6-8-13(2)14(3)18-15-9-4-5-10-17-15/h12-16H,4-11H2,1-3H3/t12-,13+,14+,15?/m1/s1. The van der Waals surface area contributed by atoms with E-state index in [-0.39, 0.29) is 12.4 Å². The lowest BCUT2D eigenvalue weighted by Gasteiger charge is -2.29. The average molecular weight is 258 g/mol. The fraction of sp³-hybridized carbons (Fsp3) is 1.00. The molecule has 1 rings (SSSR count). The minimum absolute atomic E-state index is 0.0209. The summed E-state index contributed by atoms with van der Waals surface area (Å²) in [5, 5.41) is 8.98. The van der Waals surface area contributed by atoms with E-state index in [0.29, 0.717) is 18.4 Å². The van der Waals surface area contributed by atoms with Crippen molar-refractivity contribution in [2.45, 2.75) is 71.7 Å². The van der Waals surface area contributed by atoms with Gasteiger partial charge in [0, 0.05) is 13.2 Å². The molecule has 1 heterocycles. The minimum atomic E-state index is 0.0209. The molecule has 1 N–H and O–H groups in total. The number of aliphatic hydroxyl groups is 1. The largest absolute Gasteiger partial charge is 0.396 e. The first-order valence-electron chi connectivity index (χ1n) is 7.51. The van der Waals surface area contributed by atoms with Gasteiger partial charge in [-0.2, -0.15) is 0 Å². The SMILES string of the molecule is C[C@@H](CO)CCC[C@H](C)[C@H](C)OC1CCCCO1. The van der Waals surface area contributed by atoms with E-state index >= 15 is 0 Å². The summed E-state index contributed by atoms with van der Waals surface area (Å²) in [6.45, 7) is 7.64. The Kier molecular flexibility index (Phi) is 7.87. The van der Waals surface area contributed by atoms with Crippen LogP contribution in [0.1, 0.15) is 59.3 Å². The van der Waals surface area contributed by atoms with Crippen molar-refractivity contribution >= 4 is 0 Å². The first kappa shape index (κ1) is 15.9. The van der Waals surface area contributed by atoms with E-state index in [1.807, 2.05) is 0 Å². The van der Waals surface area contributed by atoms with Crippen molar-refractivity contribution in [2.75, 3.05) is 13.2 Å². The van der Waals surface area contributed by atoms with Crippen molar-refractivity contribution in [1.82, 2.24) is 0 Å². The van der Waals surface area contributed by atoms with Gasteiger partial charge < -0.3 is 14.6 Å². The monoisotopic (exact) mass is 258 g/mol. The van der Waals surface area contributed by atoms with Crippen LogP contribution in [0.15, 0.2) is 0 Å². The minimum Gasteiger partial charge on any atom is -0.396 e. The molecule has 1 unspecified atom stereocenters. The molecular weight excluding hydrogens is 228 g/mol. The summed E-state index contributed by atoms with van der Waals surface area (Å²) >= 11 is 0. The van der Waals surface area contributed by atoms with E-state index in [2.05, 4.69) is 20.8 Å². The number of ether oxygens (including phenoxy) is 2. The van der Waals surface area contributed by atoms with Gasteiger partial charge in [-0.15, -0.1) is 0 Å². The Morgan fingerprint density at radius 1 is 1.22 bits per heavy atom. The van der Waals surface area contributed by atoms with Crippen molar-refractivity contribution in [2.24, 2.45) is 11.8 Å². The van der Waals surface area contributed by atoms with Crippen LogP contribution in [0.2, 0.25) is 0 Å². The Balaban J connectivity index is 2.13. The molecule has 4 atom stereocenters. The maximum atomic E-state index is 8.98. The second-order valence-corrected chi connectivity index (χ2v) is 5.83. The molecule has 1 aliphatic heterocycles. The molecule has 0 aromatic heterocycles. The molecule has 108 valence electrons. The third-order valence-electron chi connectivity index (χ3n) is 3.97. The summed E-state index contributed by atoms with van der Waals surface area (Å²) in [6.07, 6.45) is 7.15. The van der Waals surface area contributed by atoms with Gasteiger partial charge in [0.1, 0.15) is 0 Å².